The van der Waals surface area contributed by atoms with Crippen LogP contribution in [0.2, 0.25) is 0 Å². The van der Waals surface area contributed by atoms with Crippen molar-refractivity contribution in [2.45, 2.75) is 78.7 Å². The van der Waals surface area contributed by atoms with Gasteiger partial charge < -0.3 is 10.6 Å². The van der Waals surface area contributed by atoms with E-state index in [1.165, 1.54) is 32.1 Å². The fourth-order valence-electron chi connectivity index (χ4n) is 4.24. The van der Waals surface area contributed by atoms with Crippen LogP contribution in [0.5, 0.6) is 0 Å². The molecule has 1 amide bonds. The number of likely N-dealkylation sites (tertiary alicyclic amines) is 1. The van der Waals surface area contributed by atoms with Gasteiger partial charge in [0.05, 0.1) is 0 Å². The SMILES string of the molecule is CC(C)C(CC1CCCCC1)C(=O)N1CCC(N)C(C)(C)C1. The van der Waals surface area contributed by atoms with E-state index in [4.69, 9.17) is 5.73 Å². The first-order valence-corrected chi connectivity index (χ1v) is 9.35. The molecule has 128 valence electrons. The van der Waals surface area contributed by atoms with Crippen molar-refractivity contribution in [3.05, 3.63) is 0 Å². The Labute approximate surface area is 137 Å². The highest BCUT2D eigenvalue weighted by molar-refractivity contribution is 5.79. The molecule has 2 N–H and O–H groups in total. The Morgan fingerprint density at radius 3 is 2.36 bits per heavy atom. The average Bonchev–Trinajstić information content (AvgIpc) is 2.47. The molecular weight excluding hydrogens is 272 g/mol. The van der Waals surface area contributed by atoms with E-state index in [9.17, 15) is 4.79 Å². The topological polar surface area (TPSA) is 46.3 Å². The van der Waals surface area contributed by atoms with E-state index in [1.54, 1.807) is 0 Å². The number of hydrogen-bond donors (Lipinski definition) is 1. The van der Waals surface area contributed by atoms with Crippen molar-refractivity contribution in [3.8, 4) is 0 Å². The molecule has 2 rings (SSSR count). The number of amides is 1. The smallest absolute Gasteiger partial charge is 0.225 e. The summed E-state index contributed by atoms with van der Waals surface area (Å²) < 4.78 is 0. The van der Waals surface area contributed by atoms with Crippen LogP contribution in [0.4, 0.5) is 0 Å². The molecular formula is C19H36N2O. The van der Waals surface area contributed by atoms with E-state index in [1.807, 2.05) is 0 Å². The fraction of sp³-hybridized carbons (Fsp3) is 0.947. The Bertz CT molecular complexity index is 372. The van der Waals surface area contributed by atoms with Crippen LogP contribution >= 0.6 is 0 Å². The number of nitrogens with two attached hydrogens (primary N) is 1. The van der Waals surface area contributed by atoms with E-state index >= 15 is 0 Å². The molecule has 0 aromatic heterocycles. The monoisotopic (exact) mass is 308 g/mol. The normalized spacial score (nSPS) is 27.9. The third-order valence-corrected chi connectivity index (χ3v) is 6.06. The predicted molar refractivity (Wildman–Crippen MR) is 92.5 cm³/mol. The lowest BCUT2D eigenvalue weighted by atomic mass is 9.76. The maximum atomic E-state index is 13.1. The van der Waals surface area contributed by atoms with E-state index < -0.39 is 0 Å². The zero-order valence-electron chi connectivity index (χ0n) is 15.1. The van der Waals surface area contributed by atoms with Crippen LogP contribution in [-0.4, -0.2) is 29.9 Å². The zero-order valence-corrected chi connectivity index (χ0v) is 15.1. The van der Waals surface area contributed by atoms with Gasteiger partial charge in [-0.25, -0.2) is 0 Å². The molecule has 2 unspecified atom stereocenters. The molecule has 3 nitrogen and oxygen atoms in total. The minimum absolute atomic E-state index is 0.0419. The van der Waals surface area contributed by atoms with Gasteiger partial charge in [0.15, 0.2) is 0 Å². The predicted octanol–water partition coefficient (Wildman–Crippen LogP) is 3.81. The number of carbonyl (C=O) groups excluding carboxylic acids is 1. The number of piperidine rings is 1. The van der Waals surface area contributed by atoms with Gasteiger partial charge in [-0.1, -0.05) is 59.8 Å². The molecule has 0 aromatic rings. The first-order valence-electron chi connectivity index (χ1n) is 9.35. The largest absolute Gasteiger partial charge is 0.342 e. The molecule has 1 heterocycles. The lowest BCUT2D eigenvalue weighted by Crippen LogP contribution is -2.55. The highest BCUT2D eigenvalue weighted by atomic mass is 16.2. The Kier molecular flexibility index (Phi) is 5.93. The highest BCUT2D eigenvalue weighted by Crippen LogP contribution is 2.34. The molecule has 0 spiro atoms. The molecule has 0 aromatic carbocycles. The second-order valence-electron chi connectivity index (χ2n) is 8.73. The minimum atomic E-state index is 0.0419. The maximum Gasteiger partial charge on any atom is 0.225 e. The summed E-state index contributed by atoms with van der Waals surface area (Å²) in [4.78, 5) is 15.2. The van der Waals surface area contributed by atoms with Gasteiger partial charge in [-0.05, 0) is 30.1 Å². The van der Waals surface area contributed by atoms with E-state index in [-0.39, 0.29) is 17.4 Å². The Morgan fingerprint density at radius 2 is 1.82 bits per heavy atom. The number of rotatable bonds is 4. The van der Waals surface area contributed by atoms with Crippen molar-refractivity contribution in [3.63, 3.8) is 0 Å². The van der Waals surface area contributed by atoms with E-state index in [0.29, 0.717) is 11.8 Å². The van der Waals surface area contributed by atoms with E-state index in [0.717, 1.165) is 31.8 Å². The molecule has 22 heavy (non-hydrogen) atoms. The van der Waals surface area contributed by atoms with Gasteiger partial charge >= 0.3 is 0 Å². The summed E-state index contributed by atoms with van der Waals surface area (Å²) in [5.41, 5.74) is 6.26. The molecule has 0 bridgehead atoms. The third kappa shape index (κ3) is 4.24. The lowest BCUT2D eigenvalue weighted by molar-refractivity contribution is -0.141. The van der Waals surface area contributed by atoms with Gasteiger partial charge in [0.2, 0.25) is 5.91 Å². The molecule has 2 atom stereocenters. The Balaban J connectivity index is 2.00. The third-order valence-electron chi connectivity index (χ3n) is 6.06. The molecule has 2 fully saturated rings. The maximum absolute atomic E-state index is 13.1. The van der Waals surface area contributed by atoms with Gasteiger partial charge in [-0.15, -0.1) is 0 Å². The van der Waals surface area contributed by atoms with Crippen molar-refractivity contribution in [1.29, 1.82) is 0 Å². The summed E-state index contributed by atoms with van der Waals surface area (Å²) in [6.45, 7) is 10.5. The average molecular weight is 309 g/mol. The van der Waals surface area contributed by atoms with Gasteiger partial charge in [0.25, 0.3) is 0 Å². The van der Waals surface area contributed by atoms with Gasteiger partial charge in [0.1, 0.15) is 0 Å². The molecule has 3 heteroatoms. The second kappa shape index (κ2) is 7.33. The summed E-state index contributed by atoms with van der Waals surface area (Å²) in [6.07, 6.45) is 8.78. The highest BCUT2D eigenvalue weighted by Gasteiger charge is 2.38. The summed E-state index contributed by atoms with van der Waals surface area (Å²) in [6, 6.07) is 0.215. The second-order valence-corrected chi connectivity index (χ2v) is 8.73. The molecule has 1 saturated heterocycles. The van der Waals surface area contributed by atoms with Crippen LogP contribution in [-0.2, 0) is 4.79 Å². The van der Waals surface area contributed by atoms with Gasteiger partial charge in [0, 0.05) is 25.0 Å². The number of hydrogen-bond acceptors (Lipinski definition) is 2. The molecule has 1 aliphatic heterocycles. The van der Waals surface area contributed by atoms with Crippen molar-refractivity contribution >= 4 is 5.91 Å². The summed E-state index contributed by atoms with van der Waals surface area (Å²) in [7, 11) is 0. The first kappa shape index (κ1) is 17.8. The van der Waals surface area contributed by atoms with Crippen molar-refractivity contribution in [1.82, 2.24) is 4.90 Å². The Morgan fingerprint density at radius 1 is 1.18 bits per heavy atom. The zero-order chi connectivity index (χ0) is 16.3. The van der Waals surface area contributed by atoms with Crippen molar-refractivity contribution in [2.75, 3.05) is 13.1 Å². The minimum Gasteiger partial charge on any atom is -0.342 e. The first-order chi connectivity index (χ1) is 10.3. The molecule has 1 saturated carbocycles. The van der Waals surface area contributed by atoms with Crippen LogP contribution in [0.15, 0.2) is 0 Å². The van der Waals surface area contributed by atoms with Crippen molar-refractivity contribution < 1.29 is 4.79 Å². The summed E-state index contributed by atoms with van der Waals surface area (Å²) in [5, 5.41) is 0. The quantitative estimate of drug-likeness (QED) is 0.858. The van der Waals surface area contributed by atoms with Crippen molar-refractivity contribution in [2.24, 2.45) is 28.9 Å². The van der Waals surface area contributed by atoms with Crippen LogP contribution in [0.1, 0.15) is 72.6 Å². The number of nitrogens with zero attached hydrogens (tertiary/aromatic N) is 1. The standard InChI is InChI=1S/C19H36N2O/c1-14(2)16(12-15-8-6-5-7-9-15)18(22)21-11-10-17(20)19(3,4)13-21/h14-17H,5-13,20H2,1-4H3. The van der Waals surface area contributed by atoms with E-state index in [2.05, 4.69) is 32.6 Å². The van der Waals surface area contributed by atoms with Crippen LogP contribution in [0, 0.1) is 23.2 Å². The van der Waals surface area contributed by atoms with Crippen LogP contribution in [0.3, 0.4) is 0 Å². The molecule has 1 aliphatic carbocycles. The fourth-order valence-corrected chi connectivity index (χ4v) is 4.24. The van der Waals surface area contributed by atoms with Gasteiger partial charge in [-0.3, -0.25) is 4.79 Å². The molecule has 2 aliphatic rings. The summed E-state index contributed by atoms with van der Waals surface area (Å²) >= 11 is 0. The summed E-state index contributed by atoms with van der Waals surface area (Å²) in [5.74, 6) is 1.80. The Hall–Kier alpha value is -0.570. The van der Waals surface area contributed by atoms with Crippen LogP contribution in [0.25, 0.3) is 0 Å². The lowest BCUT2D eigenvalue weighted by Gasteiger charge is -2.44. The molecule has 0 radical (unpaired) electrons. The van der Waals surface area contributed by atoms with Crippen LogP contribution < -0.4 is 5.73 Å². The van der Waals surface area contributed by atoms with Gasteiger partial charge in [-0.2, -0.15) is 0 Å². The number of carbonyl (C=O) groups is 1.